The molecule has 2 aromatic rings. The van der Waals surface area contributed by atoms with Gasteiger partial charge in [-0.1, -0.05) is 48.0 Å². The van der Waals surface area contributed by atoms with Gasteiger partial charge >= 0.3 is 0 Å². The molecule has 3 rings (SSSR count). The lowest BCUT2D eigenvalue weighted by Crippen LogP contribution is -2.22. The van der Waals surface area contributed by atoms with Gasteiger partial charge < -0.3 is 0 Å². The van der Waals surface area contributed by atoms with Gasteiger partial charge in [-0.05, 0) is 30.3 Å². The van der Waals surface area contributed by atoms with Crippen molar-refractivity contribution in [3.63, 3.8) is 0 Å². The standard InChI is InChI=1S/C17H16ClNO/c1-19(11-12-6-8-13(18)9-7-12)16-10-17(20)15-5-3-2-4-14(15)16/h2-9,16H,10-11H2,1H3. The zero-order chi connectivity index (χ0) is 14.1. The molecule has 0 heterocycles. The summed E-state index contributed by atoms with van der Waals surface area (Å²) in [4.78, 5) is 14.3. The van der Waals surface area contributed by atoms with E-state index in [1.54, 1.807) is 0 Å². The quantitative estimate of drug-likeness (QED) is 0.846. The number of ketones is 1. The molecular weight excluding hydrogens is 270 g/mol. The van der Waals surface area contributed by atoms with E-state index in [-0.39, 0.29) is 11.8 Å². The van der Waals surface area contributed by atoms with Crippen molar-refractivity contribution in [2.75, 3.05) is 7.05 Å². The molecular formula is C17H16ClNO. The van der Waals surface area contributed by atoms with Crippen LogP contribution in [0.1, 0.15) is 33.9 Å². The van der Waals surface area contributed by atoms with Gasteiger partial charge in [-0.2, -0.15) is 0 Å². The second-order valence-electron chi connectivity index (χ2n) is 5.27. The molecule has 102 valence electrons. The molecule has 0 aliphatic heterocycles. The first-order valence-electron chi connectivity index (χ1n) is 6.72. The summed E-state index contributed by atoms with van der Waals surface area (Å²) in [5.41, 5.74) is 3.23. The second kappa shape index (κ2) is 5.39. The van der Waals surface area contributed by atoms with E-state index in [2.05, 4.69) is 18.0 Å². The molecule has 0 radical (unpaired) electrons. The van der Waals surface area contributed by atoms with Crippen molar-refractivity contribution in [3.8, 4) is 0 Å². The van der Waals surface area contributed by atoms with Crippen molar-refractivity contribution >= 4 is 17.4 Å². The maximum Gasteiger partial charge on any atom is 0.165 e. The molecule has 1 aliphatic carbocycles. The molecule has 20 heavy (non-hydrogen) atoms. The van der Waals surface area contributed by atoms with Crippen LogP contribution in [-0.4, -0.2) is 17.7 Å². The normalized spacial score (nSPS) is 17.6. The van der Waals surface area contributed by atoms with Gasteiger partial charge in [-0.3, -0.25) is 9.69 Å². The van der Waals surface area contributed by atoms with Crippen molar-refractivity contribution < 1.29 is 4.79 Å². The van der Waals surface area contributed by atoms with Crippen LogP contribution >= 0.6 is 11.6 Å². The fourth-order valence-corrected chi connectivity index (χ4v) is 2.94. The van der Waals surface area contributed by atoms with Crippen molar-refractivity contribution in [1.29, 1.82) is 0 Å². The molecule has 1 atom stereocenters. The Kier molecular flexibility index (Phi) is 3.60. The summed E-state index contributed by atoms with van der Waals surface area (Å²) in [5.74, 6) is 0.244. The first kappa shape index (κ1) is 13.3. The van der Waals surface area contributed by atoms with Gasteiger partial charge in [-0.15, -0.1) is 0 Å². The number of fused-ring (bicyclic) bond motifs is 1. The Morgan fingerprint density at radius 2 is 1.85 bits per heavy atom. The average molecular weight is 286 g/mol. The van der Waals surface area contributed by atoms with Crippen LogP contribution in [0.15, 0.2) is 48.5 Å². The number of nitrogens with zero attached hydrogens (tertiary/aromatic N) is 1. The minimum Gasteiger partial charge on any atom is -0.295 e. The van der Waals surface area contributed by atoms with Crippen molar-refractivity contribution in [3.05, 3.63) is 70.2 Å². The predicted octanol–water partition coefficient (Wildman–Crippen LogP) is 4.10. The molecule has 2 aromatic carbocycles. The Balaban J connectivity index is 1.80. The number of carbonyl (C=O) groups is 1. The third-order valence-corrected chi connectivity index (χ3v) is 4.13. The summed E-state index contributed by atoms with van der Waals surface area (Å²) in [6, 6.07) is 15.9. The van der Waals surface area contributed by atoms with Gasteiger partial charge in [0.2, 0.25) is 0 Å². The van der Waals surface area contributed by atoms with Crippen molar-refractivity contribution in [2.24, 2.45) is 0 Å². The van der Waals surface area contributed by atoms with E-state index < -0.39 is 0 Å². The van der Waals surface area contributed by atoms with E-state index in [9.17, 15) is 4.79 Å². The Morgan fingerprint density at radius 3 is 2.60 bits per heavy atom. The average Bonchev–Trinajstić information content (AvgIpc) is 2.79. The predicted molar refractivity (Wildman–Crippen MR) is 81.0 cm³/mol. The fourth-order valence-electron chi connectivity index (χ4n) is 2.82. The first-order chi connectivity index (χ1) is 9.65. The number of rotatable bonds is 3. The molecule has 0 fully saturated rings. The Hall–Kier alpha value is -1.64. The van der Waals surface area contributed by atoms with Gasteiger partial charge in [0.05, 0.1) is 0 Å². The van der Waals surface area contributed by atoms with E-state index >= 15 is 0 Å². The number of carbonyl (C=O) groups excluding carboxylic acids is 1. The van der Waals surface area contributed by atoms with Gasteiger partial charge in [0.1, 0.15) is 0 Å². The molecule has 0 spiro atoms. The third-order valence-electron chi connectivity index (χ3n) is 3.88. The van der Waals surface area contributed by atoms with Gasteiger partial charge in [-0.25, -0.2) is 0 Å². The van der Waals surface area contributed by atoms with Crippen LogP contribution in [0, 0.1) is 0 Å². The van der Waals surface area contributed by atoms with Crippen LogP contribution in [0.25, 0.3) is 0 Å². The molecule has 2 nitrogen and oxygen atoms in total. The van der Waals surface area contributed by atoms with E-state index in [0.29, 0.717) is 6.42 Å². The van der Waals surface area contributed by atoms with Crippen LogP contribution in [-0.2, 0) is 6.54 Å². The first-order valence-corrected chi connectivity index (χ1v) is 7.10. The molecule has 0 saturated carbocycles. The van der Waals surface area contributed by atoms with E-state index in [0.717, 1.165) is 22.7 Å². The monoisotopic (exact) mass is 285 g/mol. The summed E-state index contributed by atoms with van der Waals surface area (Å²) >= 11 is 5.90. The smallest absolute Gasteiger partial charge is 0.165 e. The van der Waals surface area contributed by atoms with Gasteiger partial charge in [0, 0.05) is 29.6 Å². The highest BCUT2D eigenvalue weighted by molar-refractivity contribution is 6.30. The molecule has 1 unspecified atom stereocenters. The number of hydrogen-bond donors (Lipinski definition) is 0. The summed E-state index contributed by atoms with van der Waals surface area (Å²) in [6.45, 7) is 0.809. The van der Waals surface area contributed by atoms with Crippen LogP contribution in [0.4, 0.5) is 0 Å². The maximum atomic E-state index is 12.0. The Morgan fingerprint density at radius 1 is 1.15 bits per heavy atom. The molecule has 3 heteroatoms. The molecule has 0 N–H and O–H groups in total. The zero-order valence-corrected chi connectivity index (χ0v) is 12.1. The third kappa shape index (κ3) is 2.49. The minimum atomic E-state index is 0.175. The fraction of sp³-hybridized carbons (Fsp3) is 0.235. The second-order valence-corrected chi connectivity index (χ2v) is 5.71. The van der Waals surface area contributed by atoms with E-state index in [1.807, 2.05) is 42.5 Å². The summed E-state index contributed by atoms with van der Waals surface area (Å²) in [5, 5.41) is 0.748. The minimum absolute atomic E-state index is 0.175. The largest absolute Gasteiger partial charge is 0.295 e. The van der Waals surface area contributed by atoms with Gasteiger partial charge in [0.15, 0.2) is 5.78 Å². The van der Waals surface area contributed by atoms with Crippen molar-refractivity contribution in [1.82, 2.24) is 4.90 Å². The number of benzene rings is 2. The van der Waals surface area contributed by atoms with Crippen LogP contribution in [0.2, 0.25) is 5.02 Å². The van der Waals surface area contributed by atoms with E-state index in [4.69, 9.17) is 11.6 Å². The molecule has 1 aliphatic rings. The van der Waals surface area contributed by atoms with E-state index in [1.165, 1.54) is 5.56 Å². The highest BCUT2D eigenvalue weighted by Gasteiger charge is 2.31. The number of hydrogen-bond acceptors (Lipinski definition) is 2. The summed E-state index contributed by atoms with van der Waals surface area (Å²) in [7, 11) is 2.06. The highest BCUT2D eigenvalue weighted by atomic mass is 35.5. The Labute approximate surface area is 124 Å². The lowest BCUT2D eigenvalue weighted by molar-refractivity contribution is 0.0961. The van der Waals surface area contributed by atoms with Crippen LogP contribution in [0.5, 0.6) is 0 Å². The SMILES string of the molecule is CN(Cc1ccc(Cl)cc1)C1CC(=O)c2ccccc21. The topological polar surface area (TPSA) is 20.3 Å². The Bertz CT molecular complexity index is 636. The number of halogens is 1. The summed E-state index contributed by atoms with van der Waals surface area (Å²) in [6.07, 6.45) is 0.573. The molecule has 0 saturated heterocycles. The summed E-state index contributed by atoms with van der Waals surface area (Å²) < 4.78 is 0. The lowest BCUT2D eigenvalue weighted by atomic mass is 10.1. The highest BCUT2D eigenvalue weighted by Crippen LogP contribution is 2.35. The van der Waals surface area contributed by atoms with Gasteiger partial charge in [0.25, 0.3) is 0 Å². The maximum absolute atomic E-state index is 12.0. The molecule has 0 bridgehead atoms. The van der Waals surface area contributed by atoms with Crippen molar-refractivity contribution in [2.45, 2.75) is 19.0 Å². The molecule has 0 amide bonds. The lowest BCUT2D eigenvalue weighted by Gasteiger charge is -2.24. The van der Waals surface area contributed by atoms with Crippen LogP contribution in [0.3, 0.4) is 0 Å². The zero-order valence-electron chi connectivity index (χ0n) is 11.3. The number of Topliss-reactive ketones (excluding diaryl/α,β-unsaturated/α-hetero) is 1. The molecule has 0 aromatic heterocycles. The van der Waals surface area contributed by atoms with Crippen LogP contribution < -0.4 is 0 Å².